The van der Waals surface area contributed by atoms with Gasteiger partial charge in [-0.25, -0.2) is 4.39 Å². The number of phenols is 1. The van der Waals surface area contributed by atoms with Crippen molar-refractivity contribution in [3.8, 4) is 5.75 Å². The van der Waals surface area contributed by atoms with Gasteiger partial charge in [-0.2, -0.15) is 0 Å². The average Bonchev–Trinajstić information content (AvgIpc) is 2.37. The van der Waals surface area contributed by atoms with Crippen molar-refractivity contribution in [1.82, 2.24) is 10.2 Å². The molecule has 4 heteroatoms. The minimum atomic E-state index is -0.579. The van der Waals surface area contributed by atoms with Gasteiger partial charge in [0.15, 0.2) is 11.6 Å². The summed E-state index contributed by atoms with van der Waals surface area (Å²) in [6.45, 7) is 7.33. The second-order valence-electron chi connectivity index (χ2n) is 4.14. The molecule has 0 aromatic heterocycles. The molecule has 1 aliphatic heterocycles. The summed E-state index contributed by atoms with van der Waals surface area (Å²) in [5, 5.41) is 13.0. The van der Waals surface area contributed by atoms with Crippen molar-refractivity contribution in [2.75, 3.05) is 26.2 Å². The minimum Gasteiger partial charge on any atom is -0.505 e. The van der Waals surface area contributed by atoms with Crippen molar-refractivity contribution in [3.63, 3.8) is 0 Å². The van der Waals surface area contributed by atoms with Gasteiger partial charge in [-0.3, -0.25) is 4.90 Å². The Morgan fingerprint density at radius 3 is 2.76 bits per heavy atom. The van der Waals surface area contributed by atoms with E-state index in [2.05, 4.69) is 16.8 Å². The third-order valence-electron chi connectivity index (χ3n) is 3.10. The highest BCUT2D eigenvalue weighted by Crippen LogP contribution is 2.31. The molecule has 0 aliphatic carbocycles. The zero-order chi connectivity index (χ0) is 12.3. The molecule has 1 aliphatic rings. The molecule has 1 saturated heterocycles. The van der Waals surface area contributed by atoms with E-state index in [1.165, 1.54) is 6.07 Å². The maximum absolute atomic E-state index is 13.3. The molecule has 1 aromatic carbocycles. The lowest BCUT2D eigenvalue weighted by Crippen LogP contribution is -2.44. The van der Waals surface area contributed by atoms with Crippen LogP contribution >= 0.6 is 0 Å². The smallest absolute Gasteiger partial charge is 0.165 e. The van der Waals surface area contributed by atoms with Gasteiger partial charge in [0.1, 0.15) is 0 Å². The van der Waals surface area contributed by atoms with E-state index >= 15 is 0 Å². The predicted octanol–water partition coefficient (Wildman–Crippen LogP) is 1.66. The number of aromatic hydroxyl groups is 1. The fourth-order valence-corrected chi connectivity index (χ4v) is 2.20. The Hall–Kier alpha value is -1.39. The Balaban J connectivity index is 2.27. The molecule has 2 rings (SSSR count). The fourth-order valence-electron chi connectivity index (χ4n) is 2.20. The summed E-state index contributed by atoms with van der Waals surface area (Å²) in [5.41, 5.74) is 0.585. The lowest BCUT2D eigenvalue weighted by molar-refractivity contribution is 0.200. The molecule has 0 radical (unpaired) electrons. The second-order valence-corrected chi connectivity index (χ2v) is 4.14. The Kier molecular flexibility index (Phi) is 3.76. The zero-order valence-corrected chi connectivity index (χ0v) is 9.69. The van der Waals surface area contributed by atoms with E-state index in [1.54, 1.807) is 18.2 Å². The maximum atomic E-state index is 13.3. The molecule has 0 spiro atoms. The molecule has 0 amide bonds. The summed E-state index contributed by atoms with van der Waals surface area (Å²) in [4.78, 5) is 2.18. The van der Waals surface area contributed by atoms with Crippen molar-refractivity contribution >= 4 is 0 Å². The molecule has 3 nitrogen and oxygen atoms in total. The number of halogens is 1. The number of piperazine rings is 1. The van der Waals surface area contributed by atoms with Gasteiger partial charge < -0.3 is 10.4 Å². The molecular weight excluding hydrogens is 219 g/mol. The number of hydrogen-bond donors (Lipinski definition) is 2. The van der Waals surface area contributed by atoms with Crippen LogP contribution in [0.1, 0.15) is 11.6 Å². The van der Waals surface area contributed by atoms with Crippen molar-refractivity contribution in [2.24, 2.45) is 0 Å². The summed E-state index contributed by atoms with van der Waals surface area (Å²) in [5.74, 6) is -0.847. The van der Waals surface area contributed by atoms with Crippen LogP contribution in [0.3, 0.4) is 0 Å². The lowest BCUT2D eigenvalue weighted by Gasteiger charge is -2.33. The number of hydrogen-bond acceptors (Lipinski definition) is 3. The summed E-state index contributed by atoms with van der Waals surface area (Å²) in [6, 6.07) is 4.49. The van der Waals surface area contributed by atoms with Gasteiger partial charge in [0.2, 0.25) is 0 Å². The van der Waals surface area contributed by atoms with Crippen molar-refractivity contribution < 1.29 is 9.50 Å². The molecule has 2 N–H and O–H groups in total. The quantitative estimate of drug-likeness (QED) is 0.784. The van der Waals surface area contributed by atoms with Gasteiger partial charge in [-0.1, -0.05) is 18.2 Å². The Bertz CT molecular complexity index is 402. The van der Waals surface area contributed by atoms with Crippen LogP contribution < -0.4 is 5.32 Å². The van der Waals surface area contributed by atoms with Crippen LogP contribution in [0.15, 0.2) is 30.9 Å². The molecule has 1 atom stereocenters. The van der Waals surface area contributed by atoms with E-state index in [0.717, 1.165) is 26.2 Å². The molecule has 17 heavy (non-hydrogen) atoms. The summed E-state index contributed by atoms with van der Waals surface area (Å²) >= 11 is 0. The van der Waals surface area contributed by atoms with Crippen LogP contribution in [0.25, 0.3) is 0 Å². The lowest BCUT2D eigenvalue weighted by atomic mass is 10.0. The molecule has 1 heterocycles. The highest BCUT2D eigenvalue weighted by molar-refractivity contribution is 5.38. The van der Waals surface area contributed by atoms with E-state index in [1.807, 2.05) is 0 Å². The Morgan fingerprint density at radius 2 is 2.12 bits per heavy atom. The van der Waals surface area contributed by atoms with Gasteiger partial charge in [-0.05, 0) is 6.07 Å². The van der Waals surface area contributed by atoms with Gasteiger partial charge in [-0.15, -0.1) is 6.58 Å². The zero-order valence-electron chi connectivity index (χ0n) is 9.69. The third kappa shape index (κ3) is 2.48. The van der Waals surface area contributed by atoms with E-state index in [4.69, 9.17) is 0 Å². The average molecular weight is 236 g/mol. The highest BCUT2D eigenvalue weighted by atomic mass is 19.1. The van der Waals surface area contributed by atoms with Crippen LogP contribution in [-0.2, 0) is 0 Å². The van der Waals surface area contributed by atoms with Gasteiger partial charge >= 0.3 is 0 Å². The monoisotopic (exact) mass is 236 g/mol. The van der Waals surface area contributed by atoms with E-state index in [9.17, 15) is 9.50 Å². The number of rotatable bonds is 3. The Labute approximate surface area is 101 Å². The van der Waals surface area contributed by atoms with E-state index < -0.39 is 5.82 Å². The van der Waals surface area contributed by atoms with E-state index in [-0.39, 0.29) is 11.8 Å². The van der Waals surface area contributed by atoms with Crippen LogP contribution in [0, 0.1) is 5.82 Å². The number of nitrogens with zero attached hydrogens (tertiary/aromatic N) is 1. The van der Waals surface area contributed by atoms with Gasteiger partial charge in [0.25, 0.3) is 0 Å². The number of phenolic OH excluding ortho intramolecular Hbond substituents is 1. The topological polar surface area (TPSA) is 35.5 Å². The molecule has 0 bridgehead atoms. The summed E-state index contributed by atoms with van der Waals surface area (Å²) in [6.07, 6.45) is 1.75. The van der Waals surface area contributed by atoms with Gasteiger partial charge in [0, 0.05) is 31.7 Å². The SMILES string of the molecule is C=C[C@H](c1cccc(F)c1O)N1CCNCC1. The fraction of sp³-hybridized carbons (Fsp3) is 0.385. The predicted molar refractivity (Wildman–Crippen MR) is 65.4 cm³/mol. The first-order chi connectivity index (χ1) is 8.24. The van der Waals surface area contributed by atoms with Crippen molar-refractivity contribution in [1.29, 1.82) is 0 Å². The molecule has 0 saturated carbocycles. The van der Waals surface area contributed by atoms with Crippen LogP contribution in [0.5, 0.6) is 5.75 Å². The molecule has 0 unspecified atom stereocenters. The molecule has 1 aromatic rings. The van der Waals surface area contributed by atoms with Crippen molar-refractivity contribution in [3.05, 3.63) is 42.2 Å². The normalized spacial score (nSPS) is 18.9. The van der Waals surface area contributed by atoms with Crippen LogP contribution in [-0.4, -0.2) is 36.2 Å². The highest BCUT2D eigenvalue weighted by Gasteiger charge is 2.22. The third-order valence-corrected chi connectivity index (χ3v) is 3.10. The molecule has 1 fully saturated rings. The largest absolute Gasteiger partial charge is 0.505 e. The first kappa shape index (κ1) is 12.1. The minimum absolute atomic E-state index is 0.132. The van der Waals surface area contributed by atoms with Gasteiger partial charge in [0.05, 0.1) is 6.04 Å². The first-order valence-electron chi connectivity index (χ1n) is 5.78. The molecule has 92 valence electrons. The van der Waals surface area contributed by atoms with Crippen LogP contribution in [0.2, 0.25) is 0 Å². The maximum Gasteiger partial charge on any atom is 0.165 e. The molecular formula is C13H17FN2O. The standard InChI is InChI=1S/C13H17FN2O/c1-2-12(16-8-6-15-7-9-16)10-4-3-5-11(14)13(10)17/h2-5,12,15,17H,1,6-9H2/t12-/m1/s1. The van der Waals surface area contributed by atoms with Crippen molar-refractivity contribution in [2.45, 2.75) is 6.04 Å². The number of para-hydroxylation sites is 1. The van der Waals surface area contributed by atoms with Crippen LogP contribution in [0.4, 0.5) is 4.39 Å². The Morgan fingerprint density at radius 1 is 1.41 bits per heavy atom. The number of benzene rings is 1. The summed E-state index contributed by atoms with van der Waals surface area (Å²) in [7, 11) is 0. The number of nitrogens with one attached hydrogen (secondary N) is 1. The second kappa shape index (κ2) is 5.29. The summed E-state index contributed by atoms with van der Waals surface area (Å²) < 4.78 is 13.3. The first-order valence-corrected chi connectivity index (χ1v) is 5.78. The van der Waals surface area contributed by atoms with E-state index in [0.29, 0.717) is 5.56 Å².